The number of carbonyl (C=O) groups is 1. The van der Waals surface area contributed by atoms with Gasteiger partial charge in [-0.2, -0.15) is 0 Å². The lowest BCUT2D eigenvalue weighted by molar-refractivity contribution is 0.0950. The number of piperidine rings is 1. The van der Waals surface area contributed by atoms with Gasteiger partial charge in [-0.05, 0) is 88.1 Å². The highest BCUT2D eigenvalue weighted by Gasteiger charge is 2.15. The second kappa shape index (κ2) is 9.88. The Kier molecular flexibility index (Phi) is 6.77. The van der Waals surface area contributed by atoms with Gasteiger partial charge >= 0.3 is 0 Å². The van der Waals surface area contributed by atoms with Crippen molar-refractivity contribution >= 4 is 5.91 Å². The van der Waals surface area contributed by atoms with Crippen molar-refractivity contribution in [2.75, 3.05) is 26.2 Å². The summed E-state index contributed by atoms with van der Waals surface area (Å²) in [5.74, 6) is 1.73. The minimum absolute atomic E-state index is 0.0511. The molecule has 0 spiro atoms. The van der Waals surface area contributed by atoms with Crippen LogP contribution in [0.4, 0.5) is 0 Å². The monoisotopic (exact) mass is 418 g/mol. The van der Waals surface area contributed by atoms with Crippen LogP contribution < -0.4 is 5.32 Å². The quantitative estimate of drug-likeness (QED) is 0.570. The Bertz CT molecular complexity index is 1000. The Morgan fingerprint density at radius 1 is 1.06 bits per heavy atom. The first kappa shape index (κ1) is 21.2. The molecule has 1 aliphatic heterocycles. The van der Waals surface area contributed by atoms with Gasteiger partial charge in [0.1, 0.15) is 0 Å². The van der Waals surface area contributed by atoms with E-state index < -0.39 is 0 Å². The van der Waals surface area contributed by atoms with Crippen LogP contribution in [-0.2, 0) is 0 Å². The highest BCUT2D eigenvalue weighted by molar-refractivity contribution is 5.94. The predicted molar refractivity (Wildman–Crippen MR) is 122 cm³/mol. The third-order valence-electron chi connectivity index (χ3n) is 5.90. The molecule has 3 aromatic rings. The fourth-order valence-corrected chi connectivity index (χ4v) is 3.89. The minimum atomic E-state index is -0.0511. The van der Waals surface area contributed by atoms with Crippen LogP contribution in [0.15, 0.2) is 52.9 Å². The Morgan fingerprint density at radius 2 is 1.77 bits per heavy atom. The van der Waals surface area contributed by atoms with Crippen LogP contribution >= 0.6 is 0 Å². The van der Waals surface area contributed by atoms with Crippen LogP contribution in [0.2, 0.25) is 0 Å². The van der Waals surface area contributed by atoms with Gasteiger partial charge in [-0.3, -0.25) is 4.79 Å². The number of nitrogens with zero attached hydrogens (tertiary/aromatic N) is 3. The number of hydrogen-bond donors (Lipinski definition) is 1. The van der Waals surface area contributed by atoms with Crippen molar-refractivity contribution in [2.24, 2.45) is 5.92 Å². The molecule has 1 N–H and O–H groups in total. The number of nitrogens with one attached hydrogen (secondary N) is 1. The zero-order chi connectivity index (χ0) is 21.6. The van der Waals surface area contributed by atoms with Gasteiger partial charge in [-0.15, -0.1) is 10.2 Å². The van der Waals surface area contributed by atoms with E-state index in [0.717, 1.165) is 35.6 Å². The van der Waals surface area contributed by atoms with Gasteiger partial charge in [0.2, 0.25) is 11.8 Å². The zero-order valence-electron chi connectivity index (χ0n) is 18.3. The molecule has 31 heavy (non-hydrogen) atoms. The van der Waals surface area contributed by atoms with Crippen molar-refractivity contribution in [2.45, 2.75) is 33.1 Å². The molecule has 6 nitrogen and oxygen atoms in total. The predicted octanol–water partition coefficient (Wildman–Crippen LogP) is 4.56. The largest absolute Gasteiger partial charge is 0.416 e. The lowest BCUT2D eigenvalue weighted by Gasteiger charge is -2.30. The Hall–Kier alpha value is -2.99. The molecule has 0 saturated carbocycles. The summed E-state index contributed by atoms with van der Waals surface area (Å²) in [7, 11) is 0. The van der Waals surface area contributed by atoms with Crippen molar-refractivity contribution in [1.82, 2.24) is 20.4 Å². The second-order valence-corrected chi connectivity index (χ2v) is 8.49. The summed E-state index contributed by atoms with van der Waals surface area (Å²) in [4.78, 5) is 14.9. The molecule has 0 bridgehead atoms. The van der Waals surface area contributed by atoms with Gasteiger partial charge in [-0.25, -0.2) is 0 Å². The molecular formula is C25H30N4O2. The molecule has 1 aliphatic rings. The Balaban J connectivity index is 1.28. The molecule has 162 valence electrons. The van der Waals surface area contributed by atoms with Gasteiger partial charge in [0, 0.05) is 23.2 Å². The minimum Gasteiger partial charge on any atom is -0.416 e. The molecule has 1 amide bonds. The molecule has 4 rings (SSSR count). The maximum absolute atomic E-state index is 12.4. The van der Waals surface area contributed by atoms with E-state index in [4.69, 9.17) is 4.42 Å². The van der Waals surface area contributed by atoms with Gasteiger partial charge in [0.05, 0.1) is 0 Å². The van der Waals surface area contributed by atoms with Gasteiger partial charge in [0.25, 0.3) is 5.91 Å². The number of amides is 1. The summed E-state index contributed by atoms with van der Waals surface area (Å²) >= 11 is 0. The normalized spacial score (nSPS) is 15.2. The fraction of sp³-hybridized carbons (Fsp3) is 0.400. The first-order chi connectivity index (χ1) is 15.1. The second-order valence-electron chi connectivity index (χ2n) is 8.49. The summed E-state index contributed by atoms with van der Waals surface area (Å²) in [5.41, 5.74) is 3.46. The first-order valence-electron chi connectivity index (χ1n) is 11.1. The lowest BCUT2D eigenvalue weighted by atomic mass is 9.99. The van der Waals surface area contributed by atoms with Gasteiger partial charge in [0.15, 0.2) is 0 Å². The number of benzene rings is 2. The third-order valence-corrected chi connectivity index (χ3v) is 5.90. The molecule has 1 saturated heterocycles. The summed E-state index contributed by atoms with van der Waals surface area (Å²) in [6.07, 6.45) is 3.54. The number of aryl methyl sites for hydroxylation is 1. The van der Waals surface area contributed by atoms with E-state index in [9.17, 15) is 4.79 Å². The van der Waals surface area contributed by atoms with E-state index in [1.165, 1.54) is 25.9 Å². The van der Waals surface area contributed by atoms with E-state index >= 15 is 0 Å². The highest BCUT2D eigenvalue weighted by atomic mass is 16.4. The van der Waals surface area contributed by atoms with Crippen LogP contribution in [-0.4, -0.2) is 47.2 Å². The average molecular weight is 419 g/mol. The lowest BCUT2D eigenvalue weighted by Crippen LogP contribution is -2.35. The number of carbonyl (C=O) groups excluding carboxylic acids is 1. The number of aromatic nitrogens is 2. The Labute approximate surface area is 183 Å². The zero-order valence-corrected chi connectivity index (χ0v) is 18.3. The molecule has 0 aliphatic carbocycles. The molecule has 2 aromatic carbocycles. The SMILES string of the molecule is Cc1cccc(-c2nnc(-c3ccc(C(=O)NCCCN4CCC(C)CC4)cc3)o2)c1. The smallest absolute Gasteiger partial charge is 0.251 e. The molecule has 1 fully saturated rings. The number of rotatable bonds is 7. The molecule has 6 heteroatoms. The van der Waals surface area contributed by atoms with Crippen LogP contribution in [0.1, 0.15) is 42.1 Å². The molecule has 1 aromatic heterocycles. The van der Waals surface area contributed by atoms with E-state index in [2.05, 4.69) is 27.3 Å². The average Bonchev–Trinajstić information content (AvgIpc) is 3.28. The summed E-state index contributed by atoms with van der Waals surface area (Å²) in [5, 5.41) is 11.3. The summed E-state index contributed by atoms with van der Waals surface area (Å²) in [6.45, 7) is 8.45. The molecule has 0 atom stereocenters. The molecule has 0 radical (unpaired) electrons. The van der Waals surface area contributed by atoms with Crippen LogP contribution in [0, 0.1) is 12.8 Å². The van der Waals surface area contributed by atoms with E-state index in [-0.39, 0.29) is 5.91 Å². The molecule has 2 heterocycles. The van der Waals surface area contributed by atoms with Crippen molar-refractivity contribution in [3.05, 3.63) is 59.7 Å². The van der Waals surface area contributed by atoms with E-state index in [1.807, 2.05) is 43.3 Å². The first-order valence-corrected chi connectivity index (χ1v) is 11.1. The maximum Gasteiger partial charge on any atom is 0.251 e. The molecular weight excluding hydrogens is 388 g/mol. The van der Waals surface area contributed by atoms with Crippen LogP contribution in [0.5, 0.6) is 0 Å². The summed E-state index contributed by atoms with van der Waals surface area (Å²) in [6, 6.07) is 15.2. The van der Waals surface area contributed by atoms with Crippen molar-refractivity contribution < 1.29 is 9.21 Å². The number of hydrogen-bond acceptors (Lipinski definition) is 5. The number of likely N-dealkylation sites (tertiary alicyclic amines) is 1. The topological polar surface area (TPSA) is 71.3 Å². The summed E-state index contributed by atoms with van der Waals surface area (Å²) < 4.78 is 5.83. The van der Waals surface area contributed by atoms with Gasteiger partial charge in [-0.1, -0.05) is 24.6 Å². The highest BCUT2D eigenvalue weighted by Crippen LogP contribution is 2.24. The van der Waals surface area contributed by atoms with Crippen LogP contribution in [0.3, 0.4) is 0 Å². The molecule has 0 unspecified atom stereocenters. The maximum atomic E-state index is 12.4. The third kappa shape index (κ3) is 5.58. The van der Waals surface area contributed by atoms with E-state index in [0.29, 0.717) is 23.9 Å². The van der Waals surface area contributed by atoms with Gasteiger partial charge < -0.3 is 14.6 Å². The standard InChI is InChI=1S/C25H30N4O2/c1-18-11-15-29(16-12-18)14-4-13-26-23(30)20-7-9-21(10-8-20)24-27-28-25(31-24)22-6-3-5-19(2)17-22/h3,5-10,17-18H,4,11-16H2,1-2H3,(H,26,30). The fourth-order valence-electron chi connectivity index (χ4n) is 3.89. The Morgan fingerprint density at radius 3 is 2.48 bits per heavy atom. The van der Waals surface area contributed by atoms with Crippen molar-refractivity contribution in [3.8, 4) is 22.9 Å². The van der Waals surface area contributed by atoms with Crippen molar-refractivity contribution in [1.29, 1.82) is 0 Å². The van der Waals surface area contributed by atoms with E-state index in [1.54, 1.807) is 12.1 Å². The van der Waals surface area contributed by atoms with Crippen molar-refractivity contribution in [3.63, 3.8) is 0 Å². The van der Waals surface area contributed by atoms with Crippen LogP contribution in [0.25, 0.3) is 22.9 Å².